The molecule has 3 rings (SSSR count). The minimum absolute atomic E-state index is 0.186. The number of methoxy groups -OCH3 is 1. The Morgan fingerprint density at radius 2 is 2.08 bits per heavy atom. The van der Waals surface area contributed by atoms with E-state index >= 15 is 0 Å². The van der Waals surface area contributed by atoms with Crippen LogP contribution in [0.5, 0.6) is 5.75 Å². The number of carbonyl (C=O) groups excluding carboxylic acids is 1. The van der Waals surface area contributed by atoms with Crippen LogP contribution in [-0.4, -0.2) is 44.5 Å². The van der Waals surface area contributed by atoms with Gasteiger partial charge in [0.25, 0.3) is 0 Å². The van der Waals surface area contributed by atoms with E-state index in [1.807, 2.05) is 0 Å². The number of esters is 1. The number of phenolic OH excluding ortho intramolecular Hbond substituents is 1. The fourth-order valence-electron chi connectivity index (χ4n) is 2.72. The molecule has 1 aromatic carbocycles. The SMILES string of the molecule is COC(=O)C(CNc1ncnc2c1c(Br)nn2C)Cc1ccc(O)cc1. The number of rotatable bonds is 6. The number of nitrogens with one attached hydrogen (secondary N) is 1. The minimum atomic E-state index is -0.412. The summed E-state index contributed by atoms with van der Waals surface area (Å²) in [6.07, 6.45) is 1.92. The number of phenols is 1. The van der Waals surface area contributed by atoms with Gasteiger partial charge in [-0.25, -0.2) is 14.6 Å². The molecule has 0 amide bonds. The van der Waals surface area contributed by atoms with Crippen molar-refractivity contribution in [1.82, 2.24) is 19.7 Å². The molecule has 136 valence electrons. The average molecular weight is 420 g/mol. The standard InChI is InChI=1S/C17H18BrN5O3/c1-23-16-13(14(18)22-23)15(20-9-21-16)19-8-11(17(25)26-2)7-10-3-5-12(24)6-4-10/h3-6,9,11,24H,7-8H2,1-2H3,(H,19,20,21). The molecule has 0 bridgehead atoms. The van der Waals surface area contributed by atoms with E-state index in [2.05, 4.69) is 36.3 Å². The van der Waals surface area contributed by atoms with Gasteiger partial charge in [-0.2, -0.15) is 5.10 Å². The maximum atomic E-state index is 12.2. The molecule has 3 aromatic rings. The first kappa shape index (κ1) is 18.1. The third-order valence-electron chi connectivity index (χ3n) is 4.05. The molecule has 0 fully saturated rings. The van der Waals surface area contributed by atoms with Crippen molar-refractivity contribution in [3.8, 4) is 5.75 Å². The molecule has 8 nitrogen and oxygen atoms in total. The highest BCUT2D eigenvalue weighted by Crippen LogP contribution is 2.27. The molecule has 0 aliphatic heterocycles. The molecular formula is C17H18BrN5O3. The van der Waals surface area contributed by atoms with Crippen LogP contribution < -0.4 is 5.32 Å². The Balaban J connectivity index is 1.80. The minimum Gasteiger partial charge on any atom is -0.508 e. The van der Waals surface area contributed by atoms with Crippen LogP contribution in [0.25, 0.3) is 11.0 Å². The molecule has 2 N–H and O–H groups in total. The molecule has 0 saturated carbocycles. The van der Waals surface area contributed by atoms with Crippen LogP contribution in [0, 0.1) is 5.92 Å². The molecule has 2 heterocycles. The highest BCUT2D eigenvalue weighted by atomic mass is 79.9. The molecule has 0 spiro atoms. The number of aromatic nitrogens is 4. The lowest BCUT2D eigenvalue weighted by Crippen LogP contribution is -2.26. The van der Waals surface area contributed by atoms with E-state index in [0.717, 1.165) is 10.9 Å². The van der Waals surface area contributed by atoms with Crippen LogP contribution in [0.1, 0.15) is 5.56 Å². The van der Waals surface area contributed by atoms with E-state index in [0.29, 0.717) is 29.0 Å². The second-order valence-corrected chi connectivity index (χ2v) is 6.56. The number of fused-ring (bicyclic) bond motifs is 1. The number of aromatic hydroxyl groups is 1. The highest BCUT2D eigenvalue weighted by Gasteiger charge is 2.21. The molecule has 0 saturated heterocycles. The quantitative estimate of drug-likeness (QED) is 0.590. The molecular weight excluding hydrogens is 402 g/mol. The fourth-order valence-corrected chi connectivity index (χ4v) is 3.32. The molecule has 2 aromatic heterocycles. The average Bonchev–Trinajstić information content (AvgIpc) is 2.94. The Kier molecular flexibility index (Phi) is 5.36. The first-order valence-corrected chi connectivity index (χ1v) is 8.71. The third-order valence-corrected chi connectivity index (χ3v) is 4.60. The lowest BCUT2D eigenvalue weighted by molar-refractivity contribution is -0.144. The number of carbonyl (C=O) groups is 1. The molecule has 0 radical (unpaired) electrons. The summed E-state index contributed by atoms with van der Waals surface area (Å²) in [6.45, 7) is 0.334. The maximum Gasteiger partial charge on any atom is 0.310 e. The molecule has 9 heteroatoms. The van der Waals surface area contributed by atoms with Crippen molar-refractivity contribution >= 4 is 38.8 Å². The molecule has 26 heavy (non-hydrogen) atoms. The molecule has 1 unspecified atom stereocenters. The number of hydrogen-bond acceptors (Lipinski definition) is 7. The van der Waals surface area contributed by atoms with Crippen LogP contribution in [0.4, 0.5) is 5.82 Å². The van der Waals surface area contributed by atoms with Gasteiger partial charge in [0, 0.05) is 13.6 Å². The predicted molar refractivity (Wildman–Crippen MR) is 99.8 cm³/mol. The number of nitrogens with zero attached hydrogens (tertiary/aromatic N) is 4. The third kappa shape index (κ3) is 3.77. The first-order valence-electron chi connectivity index (χ1n) is 7.92. The van der Waals surface area contributed by atoms with E-state index in [4.69, 9.17) is 4.74 Å². The second-order valence-electron chi connectivity index (χ2n) is 5.81. The van der Waals surface area contributed by atoms with Crippen LogP contribution >= 0.6 is 15.9 Å². The van der Waals surface area contributed by atoms with Crippen LogP contribution in [0.15, 0.2) is 35.2 Å². The van der Waals surface area contributed by atoms with Gasteiger partial charge in [-0.3, -0.25) is 4.79 Å². The molecule has 1 atom stereocenters. The Hall–Kier alpha value is -2.68. The number of anilines is 1. The van der Waals surface area contributed by atoms with Gasteiger partial charge in [-0.1, -0.05) is 12.1 Å². The van der Waals surface area contributed by atoms with Crippen molar-refractivity contribution in [3.63, 3.8) is 0 Å². The summed E-state index contributed by atoms with van der Waals surface area (Å²) in [5.74, 6) is 0.0482. The van der Waals surface area contributed by atoms with Gasteiger partial charge >= 0.3 is 5.97 Å². The summed E-state index contributed by atoms with van der Waals surface area (Å²) in [7, 11) is 3.17. The largest absolute Gasteiger partial charge is 0.508 e. The topological polar surface area (TPSA) is 102 Å². The summed E-state index contributed by atoms with van der Waals surface area (Å²) < 4.78 is 7.21. The fraction of sp³-hybridized carbons (Fsp3) is 0.294. The van der Waals surface area contributed by atoms with Crippen molar-refractivity contribution in [2.75, 3.05) is 19.0 Å². The van der Waals surface area contributed by atoms with Crippen molar-refractivity contribution in [2.45, 2.75) is 6.42 Å². The molecule has 0 aliphatic carbocycles. The zero-order valence-corrected chi connectivity index (χ0v) is 15.9. The predicted octanol–water partition coefficient (Wildman–Crippen LogP) is 2.28. The van der Waals surface area contributed by atoms with Gasteiger partial charge in [0.15, 0.2) is 5.65 Å². The van der Waals surface area contributed by atoms with Crippen molar-refractivity contribution in [3.05, 3.63) is 40.8 Å². The maximum absolute atomic E-state index is 12.2. The van der Waals surface area contributed by atoms with E-state index < -0.39 is 5.92 Å². The van der Waals surface area contributed by atoms with E-state index in [-0.39, 0.29) is 11.7 Å². The van der Waals surface area contributed by atoms with Gasteiger partial charge in [-0.15, -0.1) is 0 Å². The Bertz CT molecular complexity index is 926. The van der Waals surface area contributed by atoms with Crippen molar-refractivity contribution < 1.29 is 14.6 Å². The van der Waals surface area contributed by atoms with Crippen LogP contribution in [-0.2, 0) is 23.0 Å². The second kappa shape index (κ2) is 7.69. The van der Waals surface area contributed by atoms with Crippen LogP contribution in [0.2, 0.25) is 0 Å². The number of halogens is 1. The summed E-state index contributed by atoms with van der Waals surface area (Å²) in [6, 6.07) is 6.76. The van der Waals surface area contributed by atoms with Crippen LogP contribution in [0.3, 0.4) is 0 Å². The van der Waals surface area contributed by atoms with Gasteiger partial charge in [-0.05, 0) is 40.0 Å². The first-order chi connectivity index (χ1) is 12.5. The van der Waals surface area contributed by atoms with E-state index in [9.17, 15) is 9.90 Å². The summed E-state index contributed by atoms with van der Waals surface area (Å²) in [4.78, 5) is 20.7. The summed E-state index contributed by atoms with van der Waals surface area (Å²) in [5.41, 5.74) is 1.61. The number of hydrogen-bond donors (Lipinski definition) is 2. The van der Waals surface area contributed by atoms with Crippen molar-refractivity contribution in [2.24, 2.45) is 13.0 Å². The van der Waals surface area contributed by atoms with Gasteiger partial charge < -0.3 is 15.2 Å². The smallest absolute Gasteiger partial charge is 0.310 e. The highest BCUT2D eigenvalue weighted by molar-refractivity contribution is 9.10. The Morgan fingerprint density at radius 3 is 2.77 bits per heavy atom. The zero-order valence-electron chi connectivity index (χ0n) is 14.3. The normalized spacial score (nSPS) is 12.1. The summed E-state index contributed by atoms with van der Waals surface area (Å²) >= 11 is 3.41. The Labute approximate surface area is 158 Å². The van der Waals surface area contributed by atoms with Gasteiger partial charge in [0.1, 0.15) is 22.5 Å². The number of benzene rings is 1. The Morgan fingerprint density at radius 1 is 1.35 bits per heavy atom. The zero-order chi connectivity index (χ0) is 18.7. The lowest BCUT2D eigenvalue weighted by atomic mass is 9.99. The lowest BCUT2D eigenvalue weighted by Gasteiger charge is -2.16. The number of ether oxygens (including phenoxy) is 1. The van der Waals surface area contributed by atoms with E-state index in [1.54, 1.807) is 36.0 Å². The van der Waals surface area contributed by atoms with Gasteiger partial charge in [0.05, 0.1) is 18.4 Å². The summed E-state index contributed by atoms with van der Waals surface area (Å²) in [5, 5.41) is 17.6. The number of aryl methyl sites for hydroxylation is 1. The van der Waals surface area contributed by atoms with Gasteiger partial charge in [0.2, 0.25) is 0 Å². The van der Waals surface area contributed by atoms with Crippen molar-refractivity contribution in [1.29, 1.82) is 0 Å². The van der Waals surface area contributed by atoms with E-state index in [1.165, 1.54) is 13.4 Å². The monoisotopic (exact) mass is 419 g/mol. The molecule has 0 aliphatic rings.